The average Bonchev–Trinajstić information content (AvgIpc) is 3.69. The second-order valence-electron chi connectivity index (χ2n) is 9.27. The smallest absolute Gasteiger partial charge is 0.257 e. The number of carbonyl (C=O) groups is 2. The maximum atomic E-state index is 13.1. The topological polar surface area (TPSA) is 58.6 Å². The first-order valence-corrected chi connectivity index (χ1v) is 11.5. The molecule has 3 aliphatic rings. The van der Waals surface area contributed by atoms with E-state index < -0.39 is 0 Å². The van der Waals surface area contributed by atoms with Crippen LogP contribution < -0.4 is 10.1 Å². The lowest BCUT2D eigenvalue weighted by molar-refractivity contribution is -0.134. The van der Waals surface area contributed by atoms with Crippen LogP contribution in [-0.4, -0.2) is 36.4 Å². The van der Waals surface area contributed by atoms with E-state index in [0.29, 0.717) is 11.7 Å². The predicted molar refractivity (Wildman–Crippen MR) is 119 cm³/mol. The SMILES string of the molecule is Cc1ccc([C@@H]2c3cc(OCC(=O)NCC4CC4)ccc3CCN2C(=O)C2CC2)cc1. The van der Waals surface area contributed by atoms with E-state index in [0.717, 1.165) is 43.5 Å². The Hall–Kier alpha value is -2.82. The van der Waals surface area contributed by atoms with E-state index in [4.69, 9.17) is 4.74 Å². The van der Waals surface area contributed by atoms with E-state index >= 15 is 0 Å². The lowest BCUT2D eigenvalue weighted by Gasteiger charge is -2.38. The molecule has 0 saturated heterocycles. The second-order valence-corrected chi connectivity index (χ2v) is 9.27. The molecule has 2 amide bonds. The first kappa shape index (κ1) is 20.1. The van der Waals surface area contributed by atoms with Crippen molar-refractivity contribution in [3.05, 3.63) is 64.7 Å². The number of hydrogen-bond donors (Lipinski definition) is 1. The zero-order valence-corrected chi connectivity index (χ0v) is 18.1. The summed E-state index contributed by atoms with van der Waals surface area (Å²) in [6.07, 6.45) is 5.27. The summed E-state index contributed by atoms with van der Waals surface area (Å²) in [5, 5.41) is 2.94. The highest BCUT2D eigenvalue weighted by Gasteiger charge is 2.39. The fourth-order valence-electron chi connectivity index (χ4n) is 4.37. The molecule has 2 aromatic carbocycles. The highest BCUT2D eigenvalue weighted by Crippen LogP contribution is 2.41. The number of nitrogens with one attached hydrogen (secondary N) is 1. The van der Waals surface area contributed by atoms with Gasteiger partial charge in [0.05, 0.1) is 6.04 Å². The van der Waals surface area contributed by atoms with Gasteiger partial charge in [0, 0.05) is 19.0 Å². The molecule has 1 N–H and O–H groups in total. The molecule has 2 aromatic rings. The summed E-state index contributed by atoms with van der Waals surface area (Å²) in [5.74, 6) is 1.70. The van der Waals surface area contributed by atoms with Crippen molar-refractivity contribution in [1.29, 1.82) is 0 Å². The van der Waals surface area contributed by atoms with Gasteiger partial charge in [0.25, 0.3) is 5.91 Å². The molecule has 162 valence electrons. The van der Waals surface area contributed by atoms with Gasteiger partial charge in [-0.15, -0.1) is 0 Å². The number of ether oxygens (including phenoxy) is 1. The highest BCUT2D eigenvalue weighted by molar-refractivity contribution is 5.82. The Labute approximate surface area is 183 Å². The summed E-state index contributed by atoms with van der Waals surface area (Å²) in [7, 11) is 0. The molecule has 31 heavy (non-hydrogen) atoms. The maximum Gasteiger partial charge on any atom is 0.257 e. The van der Waals surface area contributed by atoms with Crippen molar-refractivity contribution in [3.8, 4) is 5.75 Å². The van der Waals surface area contributed by atoms with Gasteiger partial charge in [-0.2, -0.15) is 0 Å². The first-order chi connectivity index (χ1) is 15.1. The zero-order valence-electron chi connectivity index (χ0n) is 18.1. The van der Waals surface area contributed by atoms with Crippen LogP contribution in [0.15, 0.2) is 42.5 Å². The molecular formula is C26H30N2O3. The summed E-state index contributed by atoms with van der Waals surface area (Å²) in [5.41, 5.74) is 4.69. The Morgan fingerprint density at radius 3 is 2.55 bits per heavy atom. The van der Waals surface area contributed by atoms with Crippen LogP contribution in [0.2, 0.25) is 0 Å². The lowest BCUT2D eigenvalue weighted by Crippen LogP contribution is -2.41. The highest BCUT2D eigenvalue weighted by atomic mass is 16.5. The molecule has 2 fully saturated rings. The number of aryl methyl sites for hydroxylation is 1. The molecule has 5 heteroatoms. The van der Waals surface area contributed by atoms with Crippen molar-refractivity contribution in [2.75, 3.05) is 19.7 Å². The Bertz CT molecular complexity index is 977. The van der Waals surface area contributed by atoms with E-state index in [1.54, 1.807) is 0 Å². The Morgan fingerprint density at radius 1 is 1.06 bits per heavy atom. The monoisotopic (exact) mass is 418 g/mol. The van der Waals surface area contributed by atoms with Gasteiger partial charge in [-0.1, -0.05) is 35.9 Å². The molecule has 0 radical (unpaired) electrons. The molecular weight excluding hydrogens is 388 g/mol. The second kappa shape index (κ2) is 8.37. The van der Waals surface area contributed by atoms with Crippen molar-refractivity contribution < 1.29 is 14.3 Å². The Balaban J connectivity index is 1.38. The molecule has 2 aliphatic carbocycles. The fourth-order valence-corrected chi connectivity index (χ4v) is 4.37. The molecule has 1 aliphatic heterocycles. The van der Waals surface area contributed by atoms with Crippen LogP contribution in [0.1, 0.15) is 54.0 Å². The first-order valence-electron chi connectivity index (χ1n) is 11.5. The van der Waals surface area contributed by atoms with E-state index in [1.807, 2.05) is 12.1 Å². The van der Waals surface area contributed by atoms with Gasteiger partial charge in [0.2, 0.25) is 5.91 Å². The lowest BCUT2D eigenvalue weighted by atomic mass is 9.87. The summed E-state index contributed by atoms with van der Waals surface area (Å²) in [6, 6.07) is 14.4. The number of amides is 2. The van der Waals surface area contributed by atoms with E-state index in [2.05, 4.69) is 47.5 Å². The van der Waals surface area contributed by atoms with Crippen LogP contribution in [0.5, 0.6) is 5.75 Å². The van der Waals surface area contributed by atoms with Crippen molar-refractivity contribution in [2.24, 2.45) is 11.8 Å². The Kier molecular flexibility index (Phi) is 5.43. The van der Waals surface area contributed by atoms with E-state index in [-0.39, 0.29) is 30.4 Å². The standard InChI is InChI=1S/C26H30N2O3/c1-17-2-6-20(7-3-17)25-23-14-22(31-16-24(29)27-15-18-4-5-18)11-10-19(23)12-13-28(25)26(30)21-8-9-21/h2-3,6-7,10-11,14,18,21,25H,4-5,8-9,12-13,15-16H2,1H3,(H,27,29)/t25-/m1/s1. The van der Waals surface area contributed by atoms with Crippen LogP contribution in [-0.2, 0) is 16.0 Å². The van der Waals surface area contributed by atoms with Gasteiger partial charge in [-0.25, -0.2) is 0 Å². The summed E-state index contributed by atoms with van der Waals surface area (Å²) in [6.45, 7) is 3.59. The van der Waals surface area contributed by atoms with Gasteiger partial charge >= 0.3 is 0 Å². The largest absolute Gasteiger partial charge is 0.484 e. The molecule has 1 heterocycles. The predicted octanol–water partition coefficient (Wildman–Crippen LogP) is 3.78. The molecule has 1 atom stereocenters. The molecule has 0 spiro atoms. The number of nitrogens with zero attached hydrogens (tertiary/aromatic N) is 1. The van der Waals surface area contributed by atoms with Crippen LogP contribution >= 0.6 is 0 Å². The van der Waals surface area contributed by atoms with Crippen molar-refractivity contribution >= 4 is 11.8 Å². The molecule has 0 bridgehead atoms. The van der Waals surface area contributed by atoms with Gasteiger partial charge in [-0.05, 0) is 73.8 Å². The normalized spacial score (nSPS) is 20.2. The Morgan fingerprint density at radius 2 is 1.84 bits per heavy atom. The van der Waals surface area contributed by atoms with Crippen molar-refractivity contribution in [1.82, 2.24) is 10.2 Å². The molecule has 0 unspecified atom stereocenters. The van der Waals surface area contributed by atoms with Gasteiger partial charge < -0.3 is 15.0 Å². The molecule has 0 aromatic heterocycles. The maximum absolute atomic E-state index is 13.1. The van der Waals surface area contributed by atoms with E-state index in [1.165, 1.54) is 24.0 Å². The summed E-state index contributed by atoms with van der Waals surface area (Å²) < 4.78 is 5.83. The average molecular weight is 419 g/mol. The molecule has 5 nitrogen and oxygen atoms in total. The molecule has 2 saturated carbocycles. The quantitative estimate of drug-likeness (QED) is 0.744. The number of carbonyl (C=O) groups excluding carboxylic acids is 2. The van der Waals surface area contributed by atoms with Crippen LogP contribution in [0.25, 0.3) is 0 Å². The van der Waals surface area contributed by atoms with E-state index in [9.17, 15) is 9.59 Å². The van der Waals surface area contributed by atoms with Crippen LogP contribution in [0, 0.1) is 18.8 Å². The van der Waals surface area contributed by atoms with Gasteiger partial charge in [0.1, 0.15) is 5.75 Å². The minimum Gasteiger partial charge on any atom is -0.484 e. The van der Waals surface area contributed by atoms with Gasteiger partial charge in [0.15, 0.2) is 6.61 Å². The third-order valence-electron chi connectivity index (χ3n) is 6.60. The minimum atomic E-state index is -0.107. The third kappa shape index (κ3) is 4.60. The number of rotatable bonds is 7. The van der Waals surface area contributed by atoms with Gasteiger partial charge in [-0.3, -0.25) is 9.59 Å². The van der Waals surface area contributed by atoms with Crippen molar-refractivity contribution in [2.45, 2.75) is 45.1 Å². The minimum absolute atomic E-state index is 0.0193. The van der Waals surface area contributed by atoms with Crippen molar-refractivity contribution in [3.63, 3.8) is 0 Å². The zero-order chi connectivity index (χ0) is 21.4. The third-order valence-corrected chi connectivity index (χ3v) is 6.60. The summed E-state index contributed by atoms with van der Waals surface area (Å²) in [4.78, 5) is 27.2. The summed E-state index contributed by atoms with van der Waals surface area (Å²) >= 11 is 0. The van der Waals surface area contributed by atoms with Crippen LogP contribution in [0.4, 0.5) is 0 Å². The number of hydrogen-bond acceptors (Lipinski definition) is 3. The fraction of sp³-hybridized carbons (Fsp3) is 0.462. The molecule has 5 rings (SSSR count). The van der Waals surface area contributed by atoms with Crippen LogP contribution in [0.3, 0.4) is 0 Å². The number of benzene rings is 2. The number of fused-ring (bicyclic) bond motifs is 1.